The van der Waals surface area contributed by atoms with Gasteiger partial charge >= 0.3 is 0 Å². The van der Waals surface area contributed by atoms with Gasteiger partial charge in [-0.1, -0.05) is 6.07 Å². The number of benzene rings is 1. The lowest BCUT2D eigenvalue weighted by atomic mass is 10.3. The van der Waals surface area contributed by atoms with Crippen molar-refractivity contribution in [3.8, 4) is 5.75 Å². The highest BCUT2D eigenvalue weighted by atomic mass is 32.1. The first-order valence-corrected chi connectivity index (χ1v) is 8.50. The Labute approximate surface area is 144 Å². The molecule has 0 amide bonds. The molecule has 130 valence electrons. The van der Waals surface area contributed by atoms with Gasteiger partial charge in [0.1, 0.15) is 12.4 Å². The highest BCUT2D eigenvalue weighted by Crippen LogP contribution is 2.15. The third-order valence-electron chi connectivity index (χ3n) is 3.39. The minimum atomic E-state index is -0.912. The highest BCUT2D eigenvalue weighted by Gasteiger charge is 2.07. The summed E-state index contributed by atoms with van der Waals surface area (Å²) in [6.45, 7) is 1.68. The molecule has 0 aliphatic heterocycles. The molecule has 1 aromatic heterocycles. The van der Waals surface area contributed by atoms with E-state index in [0.717, 1.165) is 31.1 Å². The first-order valence-electron chi connectivity index (χ1n) is 7.62. The Bertz CT molecular complexity index is 662. The zero-order chi connectivity index (χ0) is 17.4. The molecule has 2 rings (SSSR count). The molecule has 1 heterocycles. The van der Waals surface area contributed by atoms with Gasteiger partial charge in [-0.3, -0.25) is 4.99 Å². The second-order valence-electron chi connectivity index (χ2n) is 5.15. The summed E-state index contributed by atoms with van der Waals surface area (Å²) in [7, 11) is 3.69. The number of thiophene rings is 1. The molecule has 24 heavy (non-hydrogen) atoms. The van der Waals surface area contributed by atoms with Crippen molar-refractivity contribution in [1.29, 1.82) is 0 Å². The summed E-state index contributed by atoms with van der Waals surface area (Å²) >= 11 is 1.74. The molecule has 7 heteroatoms. The average molecular weight is 353 g/mol. The fourth-order valence-corrected chi connectivity index (χ4v) is 2.82. The van der Waals surface area contributed by atoms with Crippen molar-refractivity contribution in [2.75, 3.05) is 33.8 Å². The van der Waals surface area contributed by atoms with Gasteiger partial charge in [0.2, 0.25) is 0 Å². The van der Waals surface area contributed by atoms with Crippen LogP contribution in [0.4, 0.5) is 8.78 Å². The molecule has 1 N–H and O–H groups in total. The summed E-state index contributed by atoms with van der Waals surface area (Å²) in [5.41, 5.74) is 0. The van der Waals surface area contributed by atoms with E-state index in [1.54, 1.807) is 18.4 Å². The maximum absolute atomic E-state index is 13.1. The second-order valence-corrected chi connectivity index (χ2v) is 6.18. The van der Waals surface area contributed by atoms with Gasteiger partial charge in [-0.2, -0.15) is 0 Å². The maximum Gasteiger partial charge on any atom is 0.193 e. The van der Waals surface area contributed by atoms with Gasteiger partial charge in [-0.25, -0.2) is 8.78 Å². The molecule has 0 saturated heterocycles. The summed E-state index contributed by atoms with van der Waals surface area (Å²) in [5, 5.41) is 5.25. The Balaban J connectivity index is 1.71. The monoisotopic (exact) mass is 353 g/mol. The van der Waals surface area contributed by atoms with Crippen molar-refractivity contribution in [3.05, 3.63) is 52.2 Å². The van der Waals surface area contributed by atoms with Crippen molar-refractivity contribution in [1.82, 2.24) is 10.2 Å². The van der Waals surface area contributed by atoms with Crippen LogP contribution < -0.4 is 10.1 Å². The SMILES string of the molecule is CN=C(NCCOc1ccc(F)c(F)c1)N(C)CCc1cccs1. The summed E-state index contributed by atoms with van der Waals surface area (Å²) < 4.78 is 31.3. The van der Waals surface area contributed by atoms with E-state index in [2.05, 4.69) is 21.8 Å². The number of hydrogen-bond acceptors (Lipinski definition) is 3. The normalized spacial score (nSPS) is 11.4. The van der Waals surface area contributed by atoms with Crippen LogP contribution >= 0.6 is 11.3 Å². The predicted molar refractivity (Wildman–Crippen MR) is 93.9 cm³/mol. The molecular formula is C17H21F2N3OS. The smallest absolute Gasteiger partial charge is 0.193 e. The van der Waals surface area contributed by atoms with E-state index in [1.807, 2.05) is 18.0 Å². The summed E-state index contributed by atoms with van der Waals surface area (Å²) in [5.74, 6) is -0.727. The maximum atomic E-state index is 13.1. The van der Waals surface area contributed by atoms with Crippen LogP contribution in [0.2, 0.25) is 0 Å². The molecule has 1 aromatic carbocycles. The van der Waals surface area contributed by atoms with E-state index >= 15 is 0 Å². The van der Waals surface area contributed by atoms with Crippen LogP contribution in [0.5, 0.6) is 5.75 Å². The minimum absolute atomic E-state index is 0.303. The molecule has 0 saturated carbocycles. The van der Waals surface area contributed by atoms with Crippen LogP contribution in [-0.4, -0.2) is 44.7 Å². The number of ether oxygens (including phenoxy) is 1. The van der Waals surface area contributed by atoms with Crippen LogP contribution in [0.3, 0.4) is 0 Å². The molecular weight excluding hydrogens is 332 g/mol. The van der Waals surface area contributed by atoms with Crippen molar-refractivity contribution < 1.29 is 13.5 Å². The van der Waals surface area contributed by atoms with Crippen LogP contribution in [0, 0.1) is 11.6 Å². The lowest BCUT2D eigenvalue weighted by molar-refractivity contribution is 0.316. The first kappa shape index (κ1) is 18.2. The average Bonchev–Trinajstić information content (AvgIpc) is 3.09. The molecule has 0 aliphatic carbocycles. The zero-order valence-corrected chi connectivity index (χ0v) is 14.6. The number of rotatable bonds is 7. The topological polar surface area (TPSA) is 36.9 Å². The third-order valence-corrected chi connectivity index (χ3v) is 4.33. The zero-order valence-electron chi connectivity index (χ0n) is 13.8. The van der Waals surface area contributed by atoms with Crippen molar-refractivity contribution >= 4 is 17.3 Å². The molecule has 4 nitrogen and oxygen atoms in total. The number of likely N-dealkylation sites (N-methyl/N-ethyl adjacent to an activating group) is 1. The molecule has 0 aliphatic rings. The van der Waals surface area contributed by atoms with Gasteiger partial charge in [0.15, 0.2) is 17.6 Å². The second kappa shape index (κ2) is 9.22. The Morgan fingerprint density at radius 2 is 2.12 bits per heavy atom. The van der Waals surface area contributed by atoms with E-state index in [-0.39, 0.29) is 0 Å². The highest BCUT2D eigenvalue weighted by molar-refractivity contribution is 7.09. The van der Waals surface area contributed by atoms with Gasteiger partial charge in [-0.15, -0.1) is 11.3 Å². The molecule has 0 radical (unpaired) electrons. The Morgan fingerprint density at radius 1 is 1.29 bits per heavy atom. The van der Waals surface area contributed by atoms with Crippen molar-refractivity contribution in [2.24, 2.45) is 4.99 Å². The Kier molecular flexibility index (Phi) is 6.99. The van der Waals surface area contributed by atoms with Crippen LogP contribution in [0.1, 0.15) is 4.88 Å². The van der Waals surface area contributed by atoms with Gasteiger partial charge in [0.05, 0.1) is 6.54 Å². The van der Waals surface area contributed by atoms with E-state index < -0.39 is 11.6 Å². The number of guanidine groups is 1. The van der Waals surface area contributed by atoms with Crippen molar-refractivity contribution in [2.45, 2.75) is 6.42 Å². The van der Waals surface area contributed by atoms with E-state index in [0.29, 0.717) is 18.9 Å². The number of hydrogen-bond donors (Lipinski definition) is 1. The lowest BCUT2D eigenvalue weighted by Crippen LogP contribution is -2.41. The fourth-order valence-electron chi connectivity index (χ4n) is 2.12. The number of nitrogens with zero attached hydrogens (tertiary/aromatic N) is 2. The summed E-state index contributed by atoms with van der Waals surface area (Å²) in [6, 6.07) is 7.65. The predicted octanol–water partition coefficient (Wildman–Crippen LogP) is 3.16. The Morgan fingerprint density at radius 3 is 2.79 bits per heavy atom. The van der Waals surface area contributed by atoms with Gasteiger partial charge in [0.25, 0.3) is 0 Å². The molecule has 0 spiro atoms. The van der Waals surface area contributed by atoms with Crippen LogP contribution in [0.25, 0.3) is 0 Å². The Hall–Kier alpha value is -2.15. The van der Waals surface area contributed by atoms with Crippen molar-refractivity contribution in [3.63, 3.8) is 0 Å². The van der Waals surface area contributed by atoms with Crippen LogP contribution in [0.15, 0.2) is 40.7 Å². The lowest BCUT2D eigenvalue weighted by Gasteiger charge is -2.21. The number of aliphatic imine (C=N–C) groups is 1. The first-order chi connectivity index (χ1) is 11.6. The molecule has 0 fully saturated rings. The quantitative estimate of drug-likeness (QED) is 0.472. The minimum Gasteiger partial charge on any atom is -0.492 e. The van der Waals surface area contributed by atoms with Gasteiger partial charge < -0.3 is 15.0 Å². The molecule has 0 atom stereocenters. The fraction of sp³-hybridized carbons (Fsp3) is 0.353. The number of nitrogens with one attached hydrogen (secondary N) is 1. The van der Waals surface area contributed by atoms with Gasteiger partial charge in [-0.05, 0) is 30.0 Å². The third kappa shape index (κ3) is 5.49. The molecule has 0 bridgehead atoms. The summed E-state index contributed by atoms with van der Waals surface area (Å²) in [6.07, 6.45) is 0.959. The molecule has 2 aromatic rings. The van der Waals surface area contributed by atoms with Crippen LogP contribution in [-0.2, 0) is 6.42 Å². The van der Waals surface area contributed by atoms with E-state index in [1.165, 1.54) is 10.9 Å². The number of halogens is 2. The standard InChI is InChI=1S/C17H21F2N3OS/c1-20-17(22(2)9-7-14-4-3-11-24-14)21-8-10-23-13-5-6-15(18)16(19)12-13/h3-6,11-12H,7-10H2,1-2H3,(H,20,21). The van der Waals surface area contributed by atoms with Gasteiger partial charge in [0, 0.05) is 31.6 Å². The molecule has 0 unspecified atom stereocenters. The van der Waals surface area contributed by atoms with E-state index in [4.69, 9.17) is 4.74 Å². The van der Waals surface area contributed by atoms with E-state index in [9.17, 15) is 8.78 Å². The summed E-state index contributed by atoms with van der Waals surface area (Å²) in [4.78, 5) is 7.60. The largest absolute Gasteiger partial charge is 0.492 e.